The van der Waals surface area contributed by atoms with Gasteiger partial charge < -0.3 is 4.74 Å². The lowest BCUT2D eigenvalue weighted by molar-refractivity contribution is -0.156. The molecule has 3 nitrogen and oxygen atoms in total. The van der Waals surface area contributed by atoms with Crippen LogP contribution in [0.15, 0.2) is 65.7 Å². The first-order valence-corrected chi connectivity index (χ1v) is 10.0. The Morgan fingerprint density at radius 3 is 1.83 bits per heavy atom. The van der Waals surface area contributed by atoms with Crippen LogP contribution in [0.25, 0.3) is 0 Å². The Morgan fingerprint density at radius 1 is 0.900 bits per heavy atom. The predicted molar refractivity (Wildman–Crippen MR) is 113 cm³/mol. The Balaban J connectivity index is 2.34. The summed E-state index contributed by atoms with van der Waals surface area (Å²) in [6.07, 6.45) is -4.71. The molecule has 0 fully saturated rings. The largest absolute Gasteiger partial charge is 0.458 e. The van der Waals surface area contributed by atoms with E-state index in [-0.39, 0.29) is 19.3 Å². The molecule has 0 bridgehead atoms. The minimum Gasteiger partial charge on any atom is -0.458 e. The number of alkyl halides is 3. The number of benzene rings is 2. The molecule has 30 heavy (non-hydrogen) atoms. The van der Waals surface area contributed by atoms with Crippen LogP contribution in [0.5, 0.6) is 0 Å². The zero-order valence-corrected chi connectivity index (χ0v) is 17.6. The van der Waals surface area contributed by atoms with Crippen molar-refractivity contribution in [2.75, 3.05) is 0 Å². The van der Waals surface area contributed by atoms with Gasteiger partial charge in [0.25, 0.3) is 0 Å². The molecule has 0 saturated heterocycles. The van der Waals surface area contributed by atoms with Gasteiger partial charge in [0, 0.05) is 17.5 Å². The van der Waals surface area contributed by atoms with E-state index in [0.29, 0.717) is 5.71 Å². The third-order valence-corrected chi connectivity index (χ3v) is 4.25. The average Bonchev–Trinajstić information content (AvgIpc) is 2.66. The second kappa shape index (κ2) is 10.4. The van der Waals surface area contributed by atoms with Gasteiger partial charge in [-0.15, -0.1) is 0 Å². The number of halogens is 3. The molecule has 0 N–H and O–H groups in total. The van der Waals surface area contributed by atoms with Gasteiger partial charge >= 0.3 is 12.1 Å². The van der Waals surface area contributed by atoms with Crippen LogP contribution in [0.4, 0.5) is 13.2 Å². The minimum atomic E-state index is -4.20. The van der Waals surface area contributed by atoms with Gasteiger partial charge in [0.15, 0.2) is 0 Å². The normalized spacial score (nSPS) is 12.9. The smallest absolute Gasteiger partial charge is 0.389 e. The number of unbranched alkanes of at least 4 members (excludes halogenated alkanes) is 1. The van der Waals surface area contributed by atoms with Crippen molar-refractivity contribution in [2.24, 2.45) is 4.99 Å². The zero-order valence-electron chi connectivity index (χ0n) is 17.6. The summed E-state index contributed by atoms with van der Waals surface area (Å²) in [6.45, 7) is 5.26. The molecule has 0 aliphatic carbocycles. The first-order chi connectivity index (χ1) is 14.1. The second-order valence-electron chi connectivity index (χ2n) is 8.12. The van der Waals surface area contributed by atoms with Crippen molar-refractivity contribution >= 4 is 11.7 Å². The number of aliphatic imine (C=N–C) groups is 1. The van der Waals surface area contributed by atoms with Crippen molar-refractivity contribution in [1.29, 1.82) is 0 Å². The molecule has 0 aliphatic rings. The van der Waals surface area contributed by atoms with Crippen molar-refractivity contribution < 1.29 is 22.7 Å². The number of esters is 1. The third-order valence-electron chi connectivity index (χ3n) is 4.25. The molecule has 6 heteroatoms. The van der Waals surface area contributed by atoms with Gasteiger partial charge in [0.05, 0.1) is 5.71 Å². The van der Waals surface area contributed by atoms with E-state index in [1.54, 1.807) is 20.8 Å². The van der Waals surface area contributed by atoms with E-state index in [4.69, 9.17) is 9.73 Å². The summed E-state index contributed by atoms with van der Waals surface area (Å²) in [5.41, 5.74) is 1.55. The van der Waals surface area contributed by atoms with Crippen LogP contribution in [0.1, 0.15) is 57.6 Å². The molecule has 0 heterocycles. The first-order valence-electron chi connectivity index (χ1n) is 10.0. The van der Waals surface area contributed by atoms with Gasteiger partial charge in [-0.25, -0.2) is 4.79 Å². The molecule has 0 aromatic heterocycles. The molecular formula is C24H28F3NO2. The predicted octanol–water partition coefficient (Wildman–Crippen LogP) is 6.36. The van der Waals surface area contributed by atoms with Gasteiger partial charge in [-0.05, 0) is 33.6 Å². The number of rotatable bonds is 8. The SMILES string of the molecule is CC(C)(C)OC(=O)[C@@H](CCCCC(F)(F)F)N=C(c1ccccc1)c1ccccc1. The van der Waals surface area contributed by atoms with Gasteiger partial charge in [0.2, 0.25) is 0 Å². The van der Waals surface area contributed by atoms with Crippen LogP contribution in [-0.4, -0.2) is 29.5 Å². The topological polar surface area (TPSA) is 38.7 Å². The molecule has 0 radical (unpaired) electrons. The number of nitrogens with zero attached hydrogens (tertiary/aromatic N) is 1. The Bertz CT molecular complexity index is 784. The fourth-order valence-electron chi connectivity index (χ4n) is 2.93. The highest BCUT2D eigenvalue weighted by atomic mass is 19.4. The lowest BCUT2D eigenvalue weighted by atomic mass is 10.0. The summed E-state index contributed by atoms with van der Waals surface area (Å²) in [5.74, 6) is -0.529. The van der Waals surface area contributed by atoms with Crippen molar-refractivity contribution in [1.82, 2.24) is 0 Å². The summed E-state index contributed by atoms with van der Waals surface area (Å²) in [5, 5.41) is 0. The molecule has 2 aromatic carbocycles. The van der Waals surface area contributed by atoms with Crippen LogP contribution in [-0.2, 0) is 9.53 Å². The Labute approximate surface area is 176 Å². The minimum absolute atomic E-state index is 0.0513. The molecule has 0 aliphatic heterocycles. The van der Waals surface area contributed by atoms with E-state index in [1.807, 2.05) is 60.7 Å². The molecule has 162 valence electrons. The Kier molecular flexibility index (Phi) is 8.21. The van der Waals surface area contributed by atoms with E-state index in [0.717, 1.165) is 11.1 Å². The van der Waals surface area contributed by atoms with Crippen molar-refractivity contribution in [3.8, 4) is 0 Å². The monoisotopic (exact) mass is 419 g/mol. The number of hydrogen-bond acceptors (Lipinski definition) is 3. The highest BCUT2D eigenvalue weighted by Crippen LogP contribution is 2.24. The lowest BCUT2D eigenvalue weighted by Gasteiger charge is -2.23. The van der Waals surface area contributed by atoms with Crippen LogP contribution < -0.4 is 0 Å². The lowest BCUT2D eigenvalue weighted by Crippen LogP contribution is -2.32. The molecule has 2 aromatic rings. The Morgan fingerprint density at radius 2 is 1.40 bits per heavy atom. The molecule has 0 spiro atoms. The van der Waals surface area contributed by atoms with Crippen molar-refractivity contribution in [2.45, 2.75) is 64.3 Å². The van der Waals surface area contributed by atoms with E-state index in [1.165, 1.54) is 0 Å². The van der Waals surface area contributed by atoms with Crippen LogP contribution >= 0.6 is 0 Å². The standard InChI is InChI=1S/C24H28F3NO2/c1-23(2,3)30-22(29)20(16-10-11-17-24(25,26)27)28-21(18-12-6-4-7-13-18)19-14-8-5-9-15-19/h4-9,12-15,20H,10-11,16-17H2,1-3H3/t20-/m1/s1. The van der Waals surface area contributed by atoms with E-state index >= 15 is 0 Å². The van der Waals surface area contributed by atoms with E-state index in [2.05, 4.69) is 0 Å². The summed E-state index contributed by atoms with van der Waals surface area (Å²) in [4.78, 5) is 17.5. The number of carbonyl (C=O) groups is 1. The molecular weight excluding hydrogens is 391 g/mol. The van der Waals surface area contributed by atoms with Crippen LogP contribution in [0.2, 0.25) is 0 Å². The maximum Gasteiger partial charge on any atom is 0.389 e. The summed E-state index contributed by atoms with van der Waals surface area (Å²) >= 11 is 0. The maximum absolute atomic E-state index is 12.8. The summed E-state index contributed by atoms with van der Waals surface area (Å²) in [7, 11) is 0. The average molecular weight is 419 g/mol. The third kappa shape index (κ3) is 8.39. The fraction of sp³-hybridized carbons (Fsp3) is 0.417. The van der Waals surface area contributed by atoms with Crippen LogP contribution in [0, 0.1) is 0 Å². The van der Waals surface area contributed by atoms with Gasteiger partial charge in [-0.2, -0.15) is 13.2 Å². The molecule has 0 amide bonds. The fourth-order valence-corrected chi connectivity index (χ4v) is 2.93. The Hall–Kier alpha value is -2.63. The van der Waals surface area contributed by atoms with Gasteiger partial charge in [-0.3, -0.25) is 4.99 Å². The van der Waals surface area contributed by atoms with E-state index in [9.17, 15) is 18.0 Å². The quantitative estimate of drug-likeness (QED) is 0.284. The second-order valence-corrected chi connectivity index (χ2v) is 8.12. The van der Waals surface area contributed by atoms with Crippen LogP contribution in [0.3, 0.4) is 0 Å². The van der Waals surface area contributed by atoms with Gasteiger partial charge in [0.1, 0.15) is 11.6 Å². The molecule has 2 rings (SSSR count). The van der Waals surface area contributed by atoms with E-state index < -0.39 is 30.2 Å². The van der Waals surface area contributed by atoms with Crippen molar-refractivity contribution in [3.63, 3.8) is 0 Å². The molecule has 0 saturated carbocycles. The first kappa shape index (κ1) is 23.6. The number of carbonyl (C=O) groups excluding carboxylic acids is 1. The van der Waals surface area contributed by atoms with Gasteiger partial charge in [-0.1, -0.05) is 67.1 Å². The number of hydrogen-bond donors (Lipinski definition) is 0. The summed E-state index contributed by atoms with van der Waals surface area (Å²) < 4.78 is 43.0. The highest BCUT2D eigenvalue weighted by molar-refractivity contribution is 6.13. The van der Waals surface area contributed by atoms with Crippen molar-refractivity contribution in [3.05, 3.63) is 71.8 Å². The molecule has 0 unspecified atom stereocenters. The maximum atomic E-state index is 12.8. The molecule has 1 atom stereocenters. The highest BCUT2D eigenvalue weighted by Gasteiger charge is 2.28. The summed E-state index contributed by atoms with van der Waals surface area (Å²) in [6, 6.07) is 17.9. The zero-order chi connectivity index (χ0) is 22.2. The number of ether oxygens (including phenoxy) is 1.